The monoisotopic (exact) mass is 516 g/mol. The zero-order valence-electron chi connectivity index (χ0n) is 23.1. The molecule has 0 bridgehead atoms. The fourth-order valence-corrected chi connectivity index (χ4v) is 4.30. The molecule has 0 aliphatic rings. The van der Waals surface area contributed by atoms with Crippen molar-refractivity contribution in [2.24, 2.45) is 0 Å². The lowest BCUT2D eigenvalue weighted by Crippen LogP contribution is -2.38. The van der Waals surface area contributed by atoms with Gasteiger partial charge >= 0.3 is 11.9 Å². The quantitative estimate of drug-likeness (QED) is 0.103. The fraction of sp³-hybridized carbons (Fsp3) is 0.929. The molecule has 0 saturated carbocycles. The SMILES string of the molecule is CCCCCCCCCCOC(=O)CCCCCN(CCO)CCN(CCO)CCCCCC(=O)O. The first kappa shape index (κ1) is 34.8. The Hall–Kier alpha value is -1.22. The van der Waals surface area contributed by atoms with Gasteiger partial charge in [-0.25, -0.2) is 0 Å². The van der Waals surface area contributed by atoms with Crippen molar-refractivity contribution >= 4 is 11.9 Å². The zero-order valence-corrected chi connectivity index (χ0v) is 23.1. The first-order valence-electron chi connectivity index (χ1n) is 14.6. The van der Waals surface area contributed by atoms with Crippen LogP contribution in [-0.4, -0.2) is 96.1 Å². The van der Waals surface area contributed by atoms with E-state index in [2.05, 4.69) is 16.7 Å². The summed E-state index contributed by atoms with van der Waals surface area (Å²) in [4.78, 5) is 27.0. The van der Waals surface area contributed by atoms with Gasteiger partial charge in [-0.05, 0) is 45.2 Å². The average molecular weight is 517 g/mol. The molecule has 0 aliphatic heterocycles. The highest BCUT2D eigenvalue weighted by molar-refractivity contribution is 5.69. The van der Waals surface area contributed by atoms with E-state index >= 15 is 0 Å². The smallest absolute Gasteiger partial charge is 0.305 e. The number of unbranched alkanes of at least 4 members (excludes halogenated alkanes) is 11. The minimum atomic E-state index is -0.752. The van der Waals surface area contributed by atoms with Crippen molar-refractivity contribution in [2.45, 2.75) is 110 Å². The van der Waals surface area contributed by atoms with Crippen LogP contribution in [0.4, 0.5) is 0 Å². The molecular weight excluding hydrogens is 460 g/mol. The number of aliphatic carboxylic acids is 1. The van der Waals surface area contributed by atoms with Gasteiger partial charge in [0.05, 0.1) is 19.8 Å². The van der Waals surface area contributed by atoms with Gasteiger partial charge in [-0.3, -0.25) is 19.4 Å². The second-order valence-corrected chi connectivity index (χ2v) is 9.84. The van der Waals surface area contributed by atoms with Crippen LogP contribution in [0.25, 0.3) is 0 Å². The number of aliphatic hydroxyl groups excluding tert-OH is 2. The van der Waals surface area contributed by atoms with E-state index in [-0.39, 0.29) is 25.6 Å². The predicted molar refractivity (Wildman–Crippen MR) is 145 cm³/mol. The minimum absolute atomic E-state index is 0.0897. The van der Waals surface area contributed by atoms with E-state index in [9.17, 15) is 19.8 Å². The molecule has 0 atom stereocenters. The summed E-state index contributed by atoms with van der Waals surface area (Å²) in [5.41, 5.74) is 0. The maximum atomic E-state index is 11.9. The number of carbonyl (C=O) groups excluding carboxylic acids is 1. The van der Waals surface area contributed by atoms with Crippen LogP contribution in [0.1, 0.15) is 110 Å². The van der Waals surface area contributed by atoms with Gasteiger partial charge in [0.2, 0.25) is 0 Å². The molecular formula is C28H56N2O6. The Balaban J connectivity index is 3.86. The number of rotatable bonds is 28. The summed E-state index contributed by atoms with van der Waals surface area (Å²) in [7, 11) is 0. The maximum absolute atomic E-state index is 11.9. The Morgan fingerprint density at radius 2 is 1.06 bits per heavy atom. The molecule has 214 valence electrons. The van der Waals surface area contributed by atoms with E-state index in [1.807, 2.05) is 0 Å². The molecule has 0 heterocycles. The van der Waals surface area contributed by atoms with Crippen LogP contribution in [0.5, 0.6) is 0 Å². The van der Waals surface area contributed by atoms with Crippen LogP contribution in [0.3, 0.4) is 0 Å². The normalized spacial score (nSPS) is 11.5. The van der Waals surface area contributed by atoms with E-state index < -0.39 is 5.97 Å². The molecule has 0 fully saturated rings. The summed E-state index contributed by atoms with van der Waals surface area (Å²) >= 11 is 0. The highest BCUT2D eigenvalue weighted by atomic mass is 16.5. The molecule has 0 aromatic rings. The number of nitrogens with zero attached hydrogens (tertiary/aromatic N) is 2. The molecule has 0 saturated heterocycles. The van der Waals surface area contributed by atoms with E-state index in [0.717, 1.165) is 71.1 Å². The summed E-state index contributed by atoms with van der Waals surface area (Å²) in [6, 6.07) is 0. The van der Waals surface area contributed by atoms with Crippen molar-refractivity contribution in [1.82, 2.24) is 9.80 Å². The molecule has 0 aromatic carbocycles. The van der Waals surface area contributed by atoms with Crippen molar-refractivity contribution in [2.75, 3.05) is 59.1 Å². The lowest BCUT2D eigenvalue weighted by atomic mass is 10.1. The number of hydrogen-bond donors (Lipinski definition) is 3. The molecule has 0 radical (unpaired) electrons. The second-order valence-electron chi connectivity index (χ2n) is 9.84. The summed E-state index contributed by atoms with van der Waals surface area (Å²) in [5.74, 6) is -0.842. The third-order valence-electron chi connectivity index (χ3n) is 6.55. The third-order valence-corrected chi connectivity index (χ3v) is 6.55. The van der Waals surface area contributed by atoms with Crippen LogP contribution >= 0.6 is 0 Å². The summed E-state index contributed by atoms with van der Waals surface area (Å²) in [6.07, 6.45) is 15.8. The lowest BCUT2D eigenvalue weighted by molar-refractivity contribution is -0.144. The summed E-state index contributed by atoms with van der Waals surface area (Å²) in [6.45, 7) is 7.55. The lowest BCUT2D eigenvalue weighted by Gasteiger charge is -2.27. The van der Waals surface area contributed by atoms with Crippen LogP contribution in [-0.2, 0) is 14.3 Å². The molecule has 8 nitrogen and oxygen atoms in total. The van der Waals surface area contributed by atoms with E-state index in [4.69, 9.17) is 9.84 Å². The first-order valence-corrected chi connectivity index (χ1v) is 14.6. The minimum Gasteiger partial charge on any atom is -0.481 e. The Morgan fingerprint density at radius 1 is 0.583 bits per heavy atom. The van der Waals surface area contributed by atoms with Crippen molar-refractivity contribution < 1.29 is 29.6 Å². The van der Waals surface area contributed by atoms with Gasteiger partial charge in [-0.1, -0.05) is 64.7 Å². The average Bonchev–Trinajstić information content (AvgIpc) is 2.85. The highest BCUT2D eigenvalue weighted by Crippen LogP contribution is 2.09. The van der Waals surface area contributed by atoms with Gasteiger partial charge in [-0.2, -0.15) is 0 Å². The van der Waals surface area contributed by atoms with Gasteiger partial charge in [0.1, 0.15) is 0 Å². The van der Waals surface area contributed by atoms with E-state index in [1.54, 1.807) is 0 Å². The Morgan fingerprint density at radius 3 is 1.56 bits per heavy atom. The Labute approximate surface area is 220 Å². The maximum Gasteiger partial charge on any atom is 0.305 e. The van der Waals surface area contributed by atoms with Gasteiger partial charge in [-0.15, -0.1) is 0 Å². The molecule has 0 unspecified atom stereocenters. The number of carboxylic acids is 1. The highest BCUT2D eigenvalue weighted by Gasteiger charge is 2.10. The van der Waals surface area contributed by atoms with Crippen molar-refractivity contribution in [3.8, 4) is 0 Å². The van der Waals surface area contributed by atoms with E-state index in [0.29, 0.717) is 32.5 Å². The molecule has 0 aliphatic carbocycles. The van der Waals surface area contributed by atoms with Gasteiger partial charge in [0.15, 0.2) is 0 Å². The zero-order chi connectivity index (χ0) is 26.7. The second kappa shape index (κ2) is 26.8. The first-order chi connectivity index (χ1) is 17.5. The van der Waals surface area contributed by atoms with Crippen molar-refractivity contribution in [3.05, 3.63) is 0 Å². The molecule has 0 rings (SSSR count). The Bertz CT molecular complexity index is 506. The summed E-state index contributed by atoms with van der Waals surface area (Å²) in [5, 5.41) is 27.5. The largest absolute Gasteiger partial charge is 0.481 e. The van der Waals surface area contributed by atoms with E-state index in [1.165, 1.54) is 38.5 Å². The third kappa shape index (κ3) is 24.5. The molecule has 3 N–H and O–H groups in total. The molecule has 8 heteroatoms. The number of carboxylic acid groups (broad SMARTS) is 1. The Kier molecular flexibility index (Phi) is 25.9. The van der Waals surface area contributed by atoms with Crippen molar-refractivity contribution in [1.29, 1.82) is 0 Å². The van der Waals surface area contributed by atoms with Crippen LogP contribution in [0.15, 0.2) is 0 Å². The number of aliphatic hydroxyl groups is 2. The van der Waals surface area contributed by atoms with Crippen molar-refractivity contribution in [3.63, 3.8) is 0 Å². The molecule has 0 aromatic heterocycles. The molecule has 36 heavy (non-hydrogen) atoms. The van der Waals surface area contributed by atoms with Gasteiger partial charge in [0, 0.05) is 39.0 Å². The summed E-state index contributed by atoms with van der Waals surface area (Å²) < 4.78 is 5.36. The molecule has 0 amide bonds. The number of esters is 1. The predicted octanol–water partition coefficient (Wildman–Crippen LogP) is 4.46. The number of hydrogen-bond acceptors (Lipinski definition) is 7. The van der Waals surface area contributed by atoms with Gasteiger partial charge in [0.25, 0.3) is 0 Å². The fourth-order valence-electron chi connectivity index (χ4n) is 4.30. The van der Waals surface area contributed by atoms with Crippen LogP contribution < -0.4 is 0 Å². The molecule has 0 spiro atoms. The number of ether oxygens (including phenoxy) is 1. The number of carbonyl (C=O) groups is 2. The topological polar surface area (TPSA) is 111 Å². The standard InChI is InChI=1S/C28H56N2O6/c1-2-3-4-5-6-7-8-15-26-36-28(35)17-12-10-14-19-30(23-25-32)21-20-29(22-24-31)18-13-9-11-16-27(33)34/h31-32H,2-26H2,1H3,(H,33,34). The van der Waals surface area contributed by atoms with Crippen LogP contribution in [0.2, 0.25) is 0 Å². The van der Waals surface area contributed by atoms with Gasteiger partial charge < -0.3 is 20.1 Å². The van der Waals surface area contributed by atoms with Crippen LogP contribution in [0, 0.1) is 0 Å².